The number of carbonyl (C=O) groups is 1. The van der Waals surface area contributed by atoms with Crippen LogP contribution in [0.3, 0.4) is 0 Å². The molecule has 0 aliphatic heterocycles. The SMILES string of the molecule is CNCCCC(=O)NCCOc1ccc(C(F)(F)F)cc1.Cl. The molecule has 0 saturated heterocycles. The Morgan fingerprint density at radius 2 is 1.82 bits per heavy atom. The van der Waals surface area contributed by atoms with Crippen LogP contribution in [0.1, 0.15) is 18.4 Å². The van der Waals surface area contributed by atoms with Crippen LogP contribution >= 0.6 is 12.4 Å². The topological polar surface area (TPSA) is 50.4 Å². The molecule has 1 amide bonds. The predicted molar refractivity (Wildman–Crippen MR) is 80.4 cm³/mol. The van der Waals surface area contributed by atoms with Gasteiger partial charge in [0.05, 0.1) is 12.1 Å². The van der Waals surface area contributed by atoms with E-state index in [9.17, 15) is 18.0 Å². The quantitative estimate of drug-likeness (QED) is 0.715. The molecule has 0 aliphatic rings. The highest BCUT2D eigenvalue weighted by Crippen LogP contribution is 2.30. The number of rotatable bonds is 8. The summed E-state index contributed by atoms with van der Waals surface area (Å²) in [6.07, 6.45) is -3.16. The lowest BCUT2D eigenvalue weighted by molar-refractivity contribution is -0.137. The first kappa shape index (κ1) is 20.5. The minimum absolute atomic E-state index is 0. The van der Waals surface area contributed by atoms with Crippen LogP contribution in [0.25, 0.3) is 0 Å². The van der Waals surface area contributed by atoms with Crippen molar-refractivity contribution < 1.29 is 22.7 Å². The van der Waals surface area contributed by atoms with E-state index in [1.165, 1.54) is 12.1 Å². The first-order valence-electron chi connectivity index (χ1n) is 6.65. The van der Waals surface area contributed by atoms with Gasteiger partial charge in [-0.3, -0.25) is 4.79 Å². The fraction of sp³-hybridized carbons (Fsp3) is 0.500. The number of alkyl halides is 3. The molecule has 8 heteroatoms. The van der Waals surface area contributed by atoms with Crippen molar-refractivity contribution in [1.82, 2.24) is 10.6 Å². The number of amides is 1. The second kappa shape index (κ2) is 10.3. The van der Waals surface area contributed by atoms with E-state index in [1.807, 2.05) is 7.05 Å². The Morgan fingerprint density at radius 1 is 1.18 bits per heavy atom. The van der Waals surface area contributed by atoms with Crippen LogP contribution in [0.15, 0.2) is 24.3 Å². The first-order chi connectivity index (χ1) is 9.93. The van der Waals surface area contributed by atoms with E-state index in [0.29, 0.717) is 18.7 Å². The third-order valence-corrected chi connectivity index (χ3v) is 2.71. The minimum atomic E-state index is -4.35. The van der Waals surface area contributed by atoms with E-state index < -0.39 is 11.7 Å². The number of ether oxygens (including phenoxy) is 1. The molecule has 0 unspecified atom stereocenters. The smallest absolute Gasteiger partial charge is 0.416 e. The highest BCUT2D eigenvalue weighted by atomic mass is 35.5. The molecule has 1 rings (SSSR count). The van der Waals surface area contributed by atoms with Gasteiger partial charge in [-0.05, 0) is 44.3 Å². The molecule has 0 aromatic heterocycles. The summed E-state index contributed by atoms with van der Waals surface area (Å²) < 4.78 is 42.3. The Bertz CT molecular complexity index is 439. The number of hydrogen-bond donors (Lipinski definition) is 2. The molecule has 0 aliphatic carbocycles. The fourth-order valence-corrected chi connectivity index (χ4v) is 1.61. The molecule has 1 aromatic carbocycles. The second-order valence-corrected chi connectivity index (χ2v) is 4.43. The largest absolute Gasteiger partial charge is 0.492 e. The van der Waals surface area contributed by atoms with Crippen LogP contribution in [0.5, 0.6) is 5.75 Å². The van der Waals surface area contributed by atoms with Gasteiger partial charge in [-0.25, -0.2) is 0 Å². The minimum Gasteiger partial charge on any atom is -0.492 e. The summed E-state index contributed by atoms with van der Waals surface area (Å²) in [7, 11) is 1.82. The number of halogens is 4. The van der Waals surface area contributed by atoms with Crippen molar-refractivity contribution in [3.63, 3.8) is 0 Å². The standard InChI is InChI=1S/C14H19F3N2O2.ClH/c1-18-8-2-3-13(20)19-9-10-21-12-6-4-11(5-7-12)14(15,16)17;/h4-7,18H,2-3,8-10H2,1H3,(H,19,20);1H. The van der Waals surface area contributed by atoms with Crippen molar-refractivity contribution >= 4 is 18.3 Å². The molecule has 0 spiro atoms. The molecule has 1 aromatic rings. The van der Waals surface area contributed by atoms with Gasteiger partial charge in [0.25, 0.3) is 0 Å². The van der Waals surface area contributed by atoms with Gasteiger partial charge in [-0.15, -0.1) is 12.4 Å². The van der Waals surface area contributed by atoms with Gasteiger partial charge in [-0.1, -0.05) is 0 Å². The maximum absolute atomic E-state index is 12.3. The lowest BCUT2D eigenvalue weighted by atomic mass is 10.2. The highest BCUT2D eigenvalue weighted by Gasteiger charge is 2.29. The summed E-state index contributed by atoms with van der Waals surface area (Å²) in [5.41, 5.74) is -0.715. The molecular formula is C14H20ClF3N2O2. The van der Waals surface area contributed by atoms with Crippen LogP contribution in [0, 0.1) is 0 Å². The summed E-state index contributed by atoms with van der Waals surface area (Å²) in [6, 6.07) is 4.45. The molecular weight excluding hydrogens is 321 g/mol. The van der Waals surface area contributed by atoms with Crippen molar-refractivity contribution in [3.05, 3.63) is 29.8 Å². The summed E-state index contributed by atoms with van der Waals surface area (Å²) >= 11 is 0. The van der Waals surface area contributed by atoms with Gasteiger partial charge in [0.15, 0.2) is 0 Å². The maximum atomic E-state index is 12.3. The molecule has 0 heterocycles. The van der Waals surface area contributed by atoms with E-state index in [0.717, 1.165) is 25.1 Å². The van der Waals surface area contributed by atoms with Crippen LogP contribution < -0.4 is 15.4 Å². The Balaban J connectivity index is 0.00000441. The summed E-state index contributed by atoms with van der Waals surface area (Å²) in [5, 5.41) is 5.62. The zero-order valence-electron chi connectivity index (χ0n) is 12.2. The Kier molecular flexibility index (Phi) is 9.60. The van der Waals surface area contributed by atoms with Gasteiger partial charge in [0.1, 0.15) is 12.4 Å². The molecule has 0 fully saturated rings. The number of carbonyl (C=O) groups excluding carboxylic acids is 1. The van der Waals surface area contributed by atoms with Crippen LogP contribution in [-0.4, -0.2) is 32.7 Å². The summed E-state index contributed by atoms with van der Waals surface area (Å²) in [5.74, 6) is 0.272. The van der Waals surface area contributed by atoms with E-state index >= 15 is 0 Å². The van der Waals surface area contributed by atoms with Crippen molar-refractivity contribution in [2.75, 3.05) is 26.7 Å². The van der Waals surface area contributed by atoms with E-state index in [2.05, 4.69) is 10.6 Å². The molecule has 0 bridgehead atoms. The Hall–Kier alpha value is -1.47. The molecule has 4 nitrogen and oxygen atoms in total. The van der Waals surface area contributed by atoms with Crippen LogP contribution in [0.2, 0.25) is 0 Å². The normalized spacial score (nSPS) is 10.7. The first-order valence-corrected chi connectivity index (χ1v) is 6.65. The molecule has 0 atom stereocenters. The van der Waals surface area contributed by atoms with Crippen molar-refractivity contribution in [2.45, 2.75) is 19.0 Å². The predicted octanol–water partition coefficient (Wildman–Crippen LogP) is 2.62. The Labute approximate surface area is 133 Å². The number of hydrogen-bond acceptors (Lipinski definition) is 3. The monoisotopic (exact) mass is 340 g/mol. The number of benzene rings is 1. The lowest BCUT2D eigenvalue weighted by Gasteiger charge is -2.10. The zero-order chi connectivity index (χ0) is 15.7. The van der Waals surface area contributed by atoms with Gasteiger partial charge >= 0.3 is 6.18 Å². The molecule has 22 heavy (non-hydrogen) atoms. The van der Waals surface area contributed by atoms with E-state index in [-0.39, 0.29) is 24.9 Å². The number of nitrogens with one attached hydrogen (secondary N) is 2. The van der Waals surface area contributed by atoms with Gasteiger partial charge in [0, 0.05) is 6.42 Å². The van der Waals surface area contributed by atoms with E-state index in [1.54, 1.807) is 0 Å². The molecule has 2 N–H and O–H groups in total. The average Bonchev–Trinajstić information content (AvgIpc) is 2.43. The summed E-state index contributed by atoms with van der Waals surface area (Å²) in [6.45, 7) is 1.30. The van der Waals surface area contributed by atoms with Crippen LogP contribution in [-0.2, 0) is 11.0 Å². The highest BCUT2D eigenvalue weighted by molar-refractivity contribution is 5.85. The third kappa shape index (κ3) is 8.09. The van der Waals surface area contributed by atoms with Crippen molar-refractivity contribution in [2.24, 2.45) is 0 Å². The van der Waals surface area contributed by atoms with Gasteiger partial charge < -0.3 is 15.4 Å². The average molecular weight is 341 g/mol. The third-order valence-electron chi connectivity index (χ3n) is 2.71. The summed E-state index contributed by atoms with van der Waals surface area (Å²) in [4.78, 5) is 11.4. The zero-order valence-corrected chi connectivity index (χ0v) is 13.0. The molecule has 0 saturated carbocycles. The van der Waals surface area contributed by atoms with E-state index in [4.69, 9.17) is 4.74 Å². The second-order valence-electron chi connectivity index (χ2n) is 4.43. The Morgan fingerprint density at radius 3 is 2.36 bits per heavy atom. The maximum Gasteiger partial charge on any atom is 0.416 e. The van der Waals surface area contributed by atoms with Crippen molar-refractivity contribution in [1.29, 1.82) is 0 Å². The molecule has 126 valence electrons. The lowest BCUT2D eigenvalue weighted by Crippen LogP contribution is -2.28. The van der Waals surface area contributed by atoms with Gasteiger partial charge in [-0.2, -0.15) is 13.2 Å². The fourth-order valence-electron chi connectivity index (χ4n) is 1.61. The van der Waals surface area contributed by atoms with Gasteiger partial charge in [0.2, 0.25) is 5.91 Å². The van der Waals surface area contributed by atoms with Crippen molar-refractivity contribution in [3.8, 4) is 5.75 Å². The molecule has 0 radical (unpaired) electrons. The van der Waals surface area contributed by atoms with Crippen LogP contribution in [0.4, 0.5) is 13.2 Å².